The Labute approximate surface area is 244 Å². The van der Waals surface area contributed by atoms with E-state index in [9.17, 15) is 0 Å². The third kappa shape index (κ3) is 5.83. The summed E-state index contributed by atoms with van der Waals surface area (Å²) in [7, 11) is 0. The lowest BCUT2D eigenvalue weighted by Gasteiger charge is -2.35. The summed E-state index contributed by atoms with van der Waals surface area (Å²) in [6, 6.07) is 32.8. The van der Waals surface area contributed by atoms with E-state index in [0.717, 1.165) is 5.56 Å². The Bertz CT molecular complexity index is 1490. The van der Waals surface area contributed by atoms with Crippen LogP contribution in [0.5, 0.6) is 0 Å². The summed E-state index contributed by atoms with van der Waals surface area (Å²) >= 11 is 0. The maximum absolute atomic E-state index is 3.70. The van der Waals surface area contributed by atoms with Crippen LogP contribution in [0.1, 0.15) is 105 Å². The number of hydrogen-bond donors (Lipinski definition) is 0. The summed E-state index contributed by atoms with van der Waals surface area (Å²) in [4.78, 5) is 0. The van der Waals surface area contributed by atoms with E-state index in [0.29, 0.717) is 0 Å². The minimum atomic E-state index is -0.0413. The van der Waals surface area contributed by atoms with Crippen LogP contribution in [-0.2, 0) is 21.7 Å². The molecule has 0 N–H and O–H groups in total. The van der Waals surface area contributed by atoms with Crippen LogP contribution in [0.4, 0.5) is 0 Å². The van der Waals surface area contributed by atoms with Gasteiger partial charge in [-0.25, -0.2) is 0 Å². The standard InChI is InChI=1S/C40H49/c1-37(2,3)32-25-17-23-30(35(32)39(7,8)9)29-22-16-21-28(27-19-14-13-15-20-27)34(29)31-24-18-26-33(38(4,5)6)36(31)40(10,11)12/h13-20,22-26H,1-12H3. The van der Waals surface area contributed by atoms with Gasteiger partial charge in [-0.3, -0.25) is 0 Å². The first kappa shape index (κ1) is 29.9. The van der Waals surface area contributed by atoms with Gasteiger partial charge in [0, 0.05) is 0 Å². The molecule has 4 aromatic carbocycles. The van der Waals surface area contributed by atoms with Crippen molar-refractivity contribution < 1.29 is 0 Å². The molecule has 0 aromatic heterocycles. The normalized spacial score (nSPS) is 13.0. The molecule has 0 spiro atoms. The lowest BCUT2D eigenvalue weighted by Crippen LogP contribution is -2.24. The average Bonchev–Trinajstić information content (AvgIpc) is 2.86. The summed E-state index contributed by atoms with van der Waals surface area (Å²) in [6.45, 7) is 28.1. The highest BCUT2D eigenvalue weighted by Crippen LogP contribution is 2.49. The van der Waals surface area contributed by atoms with Gasteiger partial charge in [-0.2, -0.15) is 0 Å². The van der Waals surface area contributed by atoms with Crippen molar-refractivity contribution in [1.29, 1.82) is 0 Å². The van der Waals surface area contributed by atoms with E-state index in [4.69, 9.17) is 0 Å². The SMILES string of the molecule is CC(C)(C)c1cccc(-c2cc[c]c(-c3ccccc3)c2-c2cccc(C(C)(C)C)c2C(C)(C)C)c1C(C)(C)C. The van der Waals surface area contributed by atoms with Crippen LogP contribution in [0.2, 0.25) is 0 Å². The Morgan fingerprint density at radius 2 is 0.900 bits per heavy atom. The van der Waals surface area contributed by atoms with Gasteiger partial charge < -0.3 is 0 Å². The van der Waals surface area contributed by atoms with Crippen LogP contribution < -0.4 is 0 Å². The largest absolute Gasteiger partial charge is 0.0622 e. The van der Waals surface area contributed by atoms with E-state index in [2.05, 4.69) is 168 Å². The van der Waals surface area contributed by atoms with E-state index in [1.165, 1.54) is 50.1 Å². The Morgan fingerprint density at radius 3 is 1.38 bits per heavy atom. The molecule has 0 aliphatic heterocycles. The third-order valence-corrected chi connectivity index (χ3v) is 7.86. The van der Waals surface area contributed by atoms with E-state index >= 15 is 0 Å². The monoisotopic (exact) mass is 529 g/mol. The summed E-state index contributed by atoms with van der Waals surface area (Å²) in [5.41, 5.74) is 13.2. The fraction of sp³-hybridized carbons (Fsp3) is 0.400. The minimum absolute atomic E-state index is 0.0207. The Hall–Kier alpha value is -3.12. The van der Waals surface area contributed by atoms with Gasteiger partial charge in [-0.05, 0) is 83.4 Å². The van der Waals surface area contributed by atoms with Gasteiger partial charge in [0.15, 0.2) is 0 Å². The van der Waals surface area contributed by atoms with Crippen molar-refractivity contribution in [3.8, 4) is 33.4 Å². The van der Waals surface area contributed by atoms with E-state index < -0.39 is 0 Å². The fourth-order valence-electron chi connectivity index (χ4n) is 6.24. The van der Waals surface area contributed by atoms with Crippen molar-refractivity contribution in [2.75, 3.05) is 0 Å². The molecule has 0 heteroatoms. The molecular formula is C40H49. The first-order chi connectivity index (χ1) is 18.4. The maximum atomic E-state index is 3.70. The number of rotatable bonds is 3. The molecule has 4 aromatic rings. The zero-order chi connectivity index (χ0) is 29.7. The van der Waals surface area contributed by atoms with Crippen LogP contribution in [-0.4, -0.2) is 0 Å². The molecule has 1 radical (unpaired) electrons. The third-order valence-electron chi connectivity index (χ3n) is 7.86. The van der Waals surface area contributed by atoms with Crippen LogP contribution in [0.15, 0.2) is 78.9 Å². The summed E-state index contributed by atoms with van der Waals surface area (Å²) in [5.74, 6) is 0. The molecular weight excluding hydrogens is 480 g/mol. The van der Waals surface area contributed by atoms with E-state index in [-0.39, 0.29) is 21.7 Å². The van der Waals surface area contributed by atoms with Crippen LogP contribution in [0.25, 0.3) is 33.4 Å². The Morgan fingerprint density at radius 1 is 0.425 bits per heavy atom. The molecule has 0 heterocycles. The molecule has 40 heavy (non-hydrogen) atoms. The van der Waals surface area contributed by atoms with Crippen molar-refractivity contribution in [3.05, 3.63) is 107 Å². The molecule has 0 aliphatic rings. The molecule has 0 unspecified atom stereocenters. The second-order valence-corrected chi connectivity index (χ2v) is 15.5. The van der Waals surface area contributed by atoms with Crippen molar-refractivity contribution in [2.45, 2.75) is 105 Å². The highest BCUT2D eigenvalue weighted by atomic mass is 14.4. The highest BCUT2D eigenvalue weighted by molar-refractivity contribution is 5.97. The lowest BCUT2D eigenvalue weighted by molar-refractivity contribution is 0.531. The summed E-state index contributed by atoms with van der Waals surface area (Å²) in [6.07, 6.45) is 0. The molecule has 0 atom stereocenters. The maximum Gasteiger partial charge on any atom is -0.00174 e. The van der Waals surface area contributed by atoms with Gasteiger partial charge in [0.25, 0.3) is 0 Å². The summed E-state index contributed by atoms with van der Waals surface area (Å²) in [5, 5.41) is 0. The lowest BCUT2D eigenvalue weighted by atomic mass is 9.69. The van der Waals surface area contributed by atoms with Crippen molar-refractivity contribution in [3.63, 3.8) is 0 Å². The smallest absolute Gasteiger partial charge is 0.00174 e. The molecule has 0 amide bonds. The van der Waals surface area contributed by atoms with Crippen LogP contribution in [0.3, 0.4) is 0 Å². The highest BCUT2D eigenvalue weighted by Gasteiger charge is 2.32. The zero-order valence-corrected chi connectivity index (χ0v) is 27.0. The topological polar surface area (TPSA) is 0 Å². The van der Waals surface area contributed by atoms with Crippen molar-refractivity contribution in [1.82, 2.24) is 0 Å². The number of hydrogen-bond acceptors (Lipinski definition) is 0. The second kappa shape index (κ2) is 10.4. The Balaban J connectivity index is 2.25. The summed E-state index contributed by atoms with van der Waals surface area (Å²) < 4.78 is 0. The first-order valence-electron chi connectivity index (χ1n) is 14.8. The molecule has 0 saturated carbocycles. The minimum Gasteiger partial charge on any atom is -0.0622 e. The van der Waals surface area contributed by atoms with Crippen LogP contribution >= 0.6 is 0 Å². The molecule has 4 rings (SSSR count). The number of benzene rings is 4. The zero-order valence-electron chi connectivity index (χ0n) is 27.0. The molecule has 0 aliphatic carbocycles. The second-order valence-electron chi connectivity index (χ2n) is 15.5. The Kier molecular flexibility index (Phi) is 7.74. The van der Waals surface area contributed by atoms with Gasteiger partial charge in [-0.1, -0.05) is 162 Å². The van der Waals surface area contributed by atoms with Gasteiger partial charge in [0.05, 0.1) is 0 Å². The molecule has 0 saturated heterocycles. The molecule has 0 fully saturated rings. The first-order valence-corrected chi connectivity index (χ1v) is 14.8. The fourth-order valence-corrected chi connectivity index (χ4v) is 6.24. The molecule has 0 bridgehead atoms. The van der Waals surface area contributed by atoms with E-state index in [1.54, 1.807) is 0 Å². The molecule has 0 nitrogen and oxygen atoms in total. The van der Waals surface area contributed by atoms with Crippen molar-refractivity contribution >= 4 is 0 Å². The van der Waals surface area contributed by atoms with Gasteiger partial charge in [-0.15, -0.1) is 0 Å². The van der Waals surface area contributed by atoms with Gasteiger partial charge >= 0.3 is 0 Å². The predicted molar refractivity (Wildman–Crippen MR) is 176 cm³/mol. The van der Waals surface area contributed by atoms with Gasteiger partial charge in [0.1, 0.15) is 0 Å². The quantitative estimate of drug-likeness (QED) is 0.247. The molecule has 209 valence electrons. The average molecular weight is 530 g/mol. The predicted octanol–water partition coefficient (Wildman–Crippen LogP) is 11.7. The van der Waals surface area contributed by atoms with Crippen LogP contribution in [0, 0.1) is 6.07 Å². The van der Waals surface area contributed by atoms with Gasteiger partial charge in [0.2, 0.25) is 0 Å². The van der Waals surface area contributed by atoms with Crippen molar-refractivity contribution in [2.24, 2.45) is 0 Å². The van der Waals surface area contributed by atoms with E-state index in [1.807, 2.05) is 0 Å².